The molecule has 0 unspecified atom stereocenters. The molecule has 1 heterocycles. The number of aromatic nitrogens is 2. The van der Waals surface area contributed by atoms with E-state index in [0.717, 1.165) is 5.56 Å². The van der Waals surface area contributed by atoms with E-state index in [1.54, 1.807) is 25.1 Å². The molecule has 26 heavy (non-hydrogen) atoms. The van der Waals surface area contributed by atoms with Gasteiger partial charge in [-0.15, -0.1) is 0 Å². The van der Waals surface area contributed by atoms with Gasteiger partial charge in [-0.1, -0.05) is 54.1 Å². The summed E-state index contributed by atoms with van der Waals surface area (Å²) in [5.74, 6) is -0.749. The average Bonchev–Trinajstić information content (AvgIpc) is 2.64. The topological polar surface area (TPSA) is 81.5 Å². The van der Waals surface area contributed by atoms with Crippen LogP contribution < -0.4 is 9.47 Å². The van der Waals surface area contributed by atoms with Crippen molar-refractivity contribution in [3.8, 4) is 28.8 Å². The molecule has 0 radical (unpaired) electrons. The molecule has 0 bridgehead atoms. The van der Waals surface area contributed by atoms with Gasteiger partial charge in [-0.3, -0.25) is 0 Å². The number of carboxylic acids is 1. The number of ether oxygens (including phenoxy) is 2. The molecule has 2 aromatic carbocycles. The van der Waals surface area contributed by atoms with Gasteiger partial charge in [0.2, 0.25) is 5.88 Å². The minimum absolute atomic E-state index is 0.0120. The van der Waals surface area contributed by atoms with Gasteiger partial charge in [0.25, 0.3) is 0 Å². The normalized spacial score (nSPS) is 10.4. The summed E-state index contributed by atoms with van der Waals surface area (Å²) in [5.41, 5.74) is 1.87. The maximum Gasteiger partial charge on any atom is 0.340 e. The third-order valence-corrected chi connectivity index (χ3v) is 4.11. The van der Waals surface area contributed by atoms with Gasteiger partial charge in [0.1, 0.15) is 16.5 Å². The number of nitrogens with zero attached hydrogens (tertiary/aromatic N) is 2. The fourth-order valence-corrected chi connectivity index (χ4v) is 2.64. The Morgan fingerprint density at radius 1 is 1.08 bits per heavy atom. The zero-order valence-corrected chi connectivity index (χ0v) is 14.8. The van der Waals surface area contributed by atoms with Crippen molar-refractivity contribution in [2.45, 2.75) is 6.92 Å². The summed E-state index contributed by atoms with van der Waals surface area (Å²) >= 11 is 6.07. The van der Waals surface area contributed by atoms with Crippen molar-refractivity contribution in [3.63, 3.8) is 0 Å². The van der Waals surface area contributed by atoms with Crippen LogP contribution in [0.2, 0.25) is 5.15 Å². The van der Waals surface area contributed by atoms with Gasteiger partial charge >= 0.3 is 12.0 Å². The van der Waals surface area contributed by atoms with Crippen LogP contribution >= 0.6 is 11.6 Å². The van der Waals surface area contributed by atoms with Crippen LogP contribution in [-0.2, 0) is 0 Å². The fraction of sp³-hybridized carbons (Fsp3) is 0.105. The molecule has 7 heteroatoms. The molecule has 0 amide bonds. The van der Waals surface area contributed by atoms with E-state index >= 15 is 0 Å². The number of hydrogen-bond donors (Lipinski definition) is 1. The molecular weight excluding hydrogens is 356 g/mol. The van der Waals surface area contributed by atoms with Crippen molar-refractivity contribution < 1.29 is 19.4 Å². The van der Waals surface area contributed by atoms with Crippen LogP contribution in [0.3, 0.4) is 0 Å². The molecule has 0 aliphatic rings. The van der Waals surface area contributed by atoms with Gasteiger partial charge in [0, 0.05) is 5.56 Å². The lowest BCUT2D eigenvalue weighted by molar-refractivity contribution is 0.0695. The summed E-state index contributed by atoms with van der Waals surface area (Å²) in [5, 5.41) is 9.88. The van der Waals surface area contributed by atoms with Crippen LogP contribution in [0.25, 0.3) is 11.1 Å². The summed E-state index contributed by atoms with van der Waals surface area (Å²) in [6, 6.07) is 14.1. The summed E-state index contributed by atoms with van der Waals surface area (Å²) in [4.78, 5) is 20.0. The molecule has 0 aliphatic heterocycles. The zero-order chi connectivity index (χ0) is 18.7. The minimum Gasteiger partial charge on any atom is -0.481 e. The molecule has 0 atom stereocenters. The summed E-state index contributed by atoms with van der Waals surface area (Å²) < 4.78 is 10.8. The Labute approximate surface area is 155 Å². The largest absolute Gasteiger partial charge is 0.481 e. The highest BCUT2D eigenvalue weighted by Gasteiger charge is 2.20. The maximum atomic E-state index is 11.9. The van der Waals surface area contributed by atoms with Crippen LogP contribution in [0.4, 0.5) is 0 Å². The van der Waals surface area contributed by atoms with Crippen LogP contribution in [0.15, 0.2) is 48.5 Å². The van der Waals surface area contributed by atoms with Crippen molar-refractivity contribution in [2.75, 3.05) is 7.11 Å². The molecule has 1 N–H and O–H groups in total. The number of methoxy groups -OCH3 is 1. The van der Waals surface area contributed by atoms with E-state index in [-0.39, 0.29) is 28.4 Å². The quantitative estimate of drug-likeness (QED) is 0.661. The van der Waals surface area contributed by atoms with E-state index in [9.17, 15) is 9.90 Å². The Morgan fingerprint density at radius 2 is 1.81 bits per heavy atom. The van der Waals surface area contributed by atoms with Crippen LogP contribution in [0, 0.1) is 6.92 Å². The first-order chi connectivity index (χ1) is 12.5. The highest BCUT2D eigenvalue weighted by Crippen LogP contribution is 2.34. The number of carbonyl (C=O) groups is 1. The predicted octanol–water partition coefficient (Wildman–Crippen LogP) is 4.60. The lowest BCUT2D eigenvalue weighted by atomic mass is 9.99. The molecule has 0 saturated heterocycles. The highest BCUT2D eigenvalue weighted by molar-refractivity contribution is 6.30. The summed E-state index contributed by atoms with van der Waals surface area (Å²) in [7, 11) is 1.45. The first kappa shape index (κ1) is 17.7. The lowest BCUT2D eigenvalue weighted by Gasteiger charge is -2.13. The molecular formula is C19H15ClN2O4. The number of rotatable bonds is 5. The van der Waals surface area contributed by atoms with E-state index in [2.05, 4.69) is 9.97 Å². The monoisotopic (exact) mass is 370 g/mol. The van der Waals surface area contributed by atoms with Crippen molar-refractivity contribution in [2.24, 2.45) is 0 Å². The average molecular weight is 371 g/mol. The Kier molecular flexibility index (Phi) is 5.04. The molecule has 0 fully saturated rings. The summed E-state index contributed by atoms with van der Waals surface area (Å²) in [6.45, 7) is 1.71. The van der Waals surface area contributed by atoms with Crippen molar-refractivity contribution in [3.05, 3.63) is 64.8 Å². The number of benzene rings is 2. The SMILES string of the molecule is COc1nc(Oc2cccc(-c3ccccc3)c2C(=O)O)nc(Cl)c1C. The van der Waals surface area contributed by atoms with E-state index in [1.165, 1.54) is 7.11 Å². The van der Waals surface area contributed by atoms with E-state index in [0.29, 0.717) is 11.1 Å². The molecule has 3 aromatic rings. The minimum atomic E-state index is -1.12. The molecule has 132 valence electrons. The number of aromatic carboxylic acids is 1. The van der Waals surface area contributed by atoms with Gasteiger partial charge in [-0.05, 0) is 24.1 Å². The van der Waals surface area contributed by atoms with Crippen LogP contribution in [0.5, 0.6) is 17.6 Å². The van der Waals surface area contributed by atoms with Gasteiger partial charge < -0.3 is 14.6 Å². The number of halogens is 1. The van der Waals surface area contributed by atoms with E-state index in [1.807, 2.05) is 30.3 Å². The lowest BCUT2D eigenvalue weighted by Crippen LogP contribution is -2.05. The first-order valence-electron chi connectivity index (χ1n) is 7.69. The second-order valence-corrected chi connectivity index (χ2v) is 5.74. The second kappa shape index (κ2) is 7.41. The highest BCUT2D eigenvalue weighted by atomic mass is 35.5. The molecule has 6 nitrogen and oxygen atoms in total. The Bertz CT molecular complexity index is 961. The Hall–Kier alpha value is -3.12. The molecule has 1 aromatic heterocycles. The summed E-state index contributed by atoms with van der Waals surface area (Å²) in [6.07, 6.45) is 0. The van der Waals surface area contributed by atoms with Gasteiger partial charge in [-0.25, -0.2) is 4.79 Å². The Morgan fingerprint density at radius 3 is 2.46 bits per heavy atom. The maximum absolute atomic E-state index is 11.9. The second-order valence-electron chi connectivity index (χ2n) is 5.38. The zero-order valence-electron chi connectivity index (χ0n) is 14.1. The van der Waals surface area contributed by atoms with Crippen molar-refractivity contribution in [1.29, 1.82) is 0 Å². The molecule has 0 spiro atoms. The Balaban J connectivity index is 2.09. The fourth-order valence-electron chi connectivity index (χ4n) is 2.49. The first-order valence-corrected chi connectivity index (χ1v) is 8.06. The van der Waals surface area contributed by atoms with Crippen LogP contribution in [0.1, 0.15) is 15.9 Å². The standard InChI is InChI=1S/C19H15ClN2O4/c1-11-16(20)21-19(22-17(11)25-2)26-14-10-6-9-13(15(14)18(23)24)12-7-4-3-5-8-12/h3-10H,1-2H3,(H,23,24). The molecule has 0 aliphatic carbocycles. The van der Waals surface area contributed by atoms with Gasteiger partial charge in [-0.2, -0.15) is 9.97 Å². The van der Waals surface area contributed by atoms with Gasteiger partial charge in [0.05, 0.1) is 7.11 Å². The number of hydrogen-bond acceptors (Lipinski definition) is 5. The van der Waals surface area contributed by atoms with Crippen molar-refractivity contribution in [1.82, 2.24) is 9.97 Å². The molecule has 3 rings (SSSR count). The van der Waals surface area contributed by atoms with Gasteiger partial charge in [0.15, 0.2) is 0 Å². The van der Waals surface area contributed by atoms with Crippen molar-refractivity contribution >= 4 is 17.6 Å². The number of carboxylic acid groups (broad SMARTS) is 1. The molecule has 0 saturated carbocycles. The predicted molar refractivity (Wildman–Crippen MR) is 97.2 cm³/mol. The smallest absolute Gasteiger partial charge is 0.340 e. The van der Waals surface area contributed by atoms with E-state index < -0.39 is 5.97 Å². The third-order valence-electron chi connectivity index (χ3n) is 3.74. The van der Waals surface area contributed by atoms with E-state index in [4.69, 9.17) is 21.1 Å². The van der Waals surface area contributed by atoms with Crippen LogP contribution in [-0.4, -0.2) is 28.2 Å². The third kappa shape index (κ3) is 3.45.